The molecule has 0 amide bonds. The fourth-order valence-electron chi connectivity index (χ4n) is 8.44. The molecule has 0 saturated heterocycles. The number of esters is 2. The van der Waals surface area contributed by atoms with Gasteiger partial charge in [-0.05, 0) is 116 Å². The SMILES string of the molecule is CC/C=C\C/C=C\C/C=C\C/C=C\C/C=C\C/C=C\C/C=C\C/C=C\CCCCCCC(=O)OC(COC(=O)CCCCCCCCCCCCCC/C=C\C/C=C\C/C=C\CCCCCCC)COC(OCC[N+](C)(C)C)C(=O)[O-]. The zero-order chi connectivity index (χ0) is 59.1. The molecular formula is C72H119NO8. The Morgan fingerprint density at radius 3 is 1.05 bits per heavy atom. The summed E-state index contributed by atoms with van der Waals surface area (Å²) in [7, 11) is 5.91. The molecule has 0 aromatic rings. The van der Waals surface area contributed by atoms with Crippen LogP contribution >= 0.6 is 0 Å². The summed E-state index contributed by atoms with van der Waals surface area (Å²) in [6.45, 7) is 4.58. The van der Waals surface area contributed by atoms with Crippen LogP contribution in [0.2, 0.25) is 0 Å². The number of rotatable bonds is 58. The second kappa shape index (κ2) is 61.5. The van der Waals surface area contributed by atoms with E-state index in [2.05, 4.69) is 148 Å². The van der Waals surface area contributed by atoms with E-state index >= 15 is 0 Å². The second-order valence-corrected chi connectivity index (χ2v) is 22.3. The van der Waals surface area contributed by atoms with Gasteiger partial charge in [0.15, 0.2) is 12.4 Å². The maximum Gasteiger partial charge on any atom is 0.306 e. The molecule has 0 aliphatic heterocycles. The standard InChI is InChI=1S/C72H119NO8/c1-6-8-10-12-14-16-18-20-22-24-26-28-30-32-34-35-37-39-41-43-45-47-49-51-53-55-57-59-61-63-70(75)81-68(67-80-72(71(76)77)78-65-64-73(3,4)5)66-79-69(74)62-60-58-56-54-52-50-48-46-44-42-40-38-36-33-31-29-27-25-23-21-19-17-15-13-11-9-7-2/h8,10,14,16,19-22,25-28,31-34,37,39,43,45,49,51,68,72H,6-7,9,11-13,15,17-18,23-24,29-30,35-36,38,40-42,44,46-48,50,52-67H2,1-5H3/b10-8-,16-14-,21-19-,22-20-,27-25-,28-26-,33-31-,34-32-,39-37-,45-43-,51-49-. The van der Waals surface area contributed by atoms with Crippen LogP contribution in [0.1, 0.15) is 245 Å². The zero-order valence-electron chi connectivity index (χ0n) is 52.4. The lowest BCUT2D eigenvalue weighted by atomic mass is 10.0. The molecule has 0 N–H and O–H groups in total. The fourth-order valence-corrected chi connectivity index (χ4v) is 8.44. The topological polar surface area (TPSA) is 111 Å². The van der Waals surface area contributed by atoms with Crippen molar-refractivity contribution < 1.29 is 42.9 Å². The summed E-state index contributed by atoms with van der Waals surface area (Å²) in [4.78, 5) is 37.4. The van der Waals surface area contributed by atoms with Crippen molar-refractivity contribution in [2.24, 2.45) is 0 Å². The number of carbonyl (C=O) groups excluding carboxylic acids is 3. The molecule has 0 spiro atoms. The van der Waals surface area contributed by atoms with Crippen molar-refractivity contribution in [2.75, 3.05) is 47.5 Å². The van der Waals surface area contributed by atoms with Crippen molar-refractivity contribution in [3.05, 3.63) is 134 Å². The van der Waals surface area contributed by atoms with Crippen molar-refractivity contribution in [3.8, 4) is 0 Å². The van der Waals surface area contributed by atoms with E-state index < -0.39 is 24.3 Å². The first-order chi connectivity index (χ1) is 39.6. The van der Waals surface area contributed by atoms with Crippen LogP contribution in [-0.4, -0.2) is 82.3 Å². The Kier molecular flexibility index (Phi) is 58.0. The molecule has 460 valence electrons. The van der Waals surface area contributed by atoms with Crippen LogP contribution in [0, 0.1) is 0 Å². The number of hydrogen-bond acceptors (Lipinski definition) is 8. The van der Waals surface area contributed by atoms with Crippen molar-refractivity contribution in [2.45, 2.75) is 257 Å². The highest BCUT2D eigenvalue weighted by Gasteiger charge is 2.22. The number of allylic oxidation sites excluding steroid dienone is 22. The minimum atomic E-state index is -1.64. The molecule has 0 heterocycles. The lowest BCUT2D eigenvalue weighted by Gasteiger charge is -2.26. The molecular weight excluding hydrogens is 1010 g/mol. The average molecular weight is 1130 g/mol. The molecule has 0 rings (SSSR count). The maximum absolute atomic E-state index is 12.9. The van der Waals surface area contributed by atoms with E-state index in [1.807, 2.05) is 21.1 Å². The van der Waals surface area contributed by atoms with Gasteiger partial charge in [-0.2, -0.15) is 0 Å². The lowest BCUT2D eigenvalue weighted by molar-refractivity contribution is -0.870. The van der Waals surface area contributed by atoms with E-state index in [1.54, 1.807) is 0 Å². The summed E-state index contributed by atoms with van der Waals surface area (Å²) in [5.74, 6) is -2.33. The zero-order valence-corrected chi connectivity index (χ0v) is 52.4. The normalized spacial score (nSPS) is 13.6. The highest BCUT2D eigenvalue weighted by atomic mass is 16.7. The Hall–Kier alpha value is -4.57. The van der Waals surface area contributed by atoms with Gasteiger partial charge in [-0.1, -0.05) is 250 Å². The number of nitrogens with zero attached hydrogens (tertiary/aromatic N) is 1. The number of carboxylic acids is 1. The van der Waals surface area contributed by atoms with Gasteiger partial charge >= 0.3 is 11.9 Å². The van der Waals surface area contributed by atoms with Gasteiger partial charge in [0.2, 0.25) is 0 Å². The van der Waals surface area contributed by atoms with Gasteiger partial charge in [-0.15, -0.1) is 0 Å². The van der Waals surface area contributed by atoms with E-state index in [-0.39, 0.29) is 38.6 Å². The average Bonchev–Trinajstić information content (AvgIpc) is 3.44. The van der Waals surface area contributed by atoms with Gasteiger partial charge < -0.3 is 33.3 Å². The van der Waals surface area contributed by atoms with Crippen molar-refractivity contribution in [1.82, 2.24) is 0 Å². The number of aliphatic carboxylic acids is 1. The first-order valence-corrected chi connectivity index (χ1v) is 32.3. The molecule has 81 heavy (non-hydrogen) atoms. The van der Waals surface area contributed by atoms with E-state index in [0.717, 1.165) is 109 Å². The van der Waals surface area contributed by atoms with Crippen molar-refractivity contribution >= 4 is 17.9 Å². The van der Waals surface area contributed by atoms with Gasteiger partial charge in [0.05, 0.1) is 40.3 Å². The smallest absolute Gasteiger partial charge is 0.306 e. The summed E-state index contributed by atoms with van der Waals surface area (Å²) in [6.07, 6.45) is 85.1. The first-order valence-electron chi connectivity index (χ1n) is 32.3. The molecule has 2 unspecified atom stereocenters. The van der Waals surface area contributed by atoms with Gasteiger partial charge in [0.1, 0.15) is 13.2 Å². The third kappa shape index (κ3) is 62.9. The van der Waals surface area contributed by atoms with E-state index in [4.69, 9.17) is 18.9 Å². The minimum absolute atomic E-state index is 0.135. The number of quaternary nitrogens is 1. The molecule has 9 heteroatoms. The molecule has 0 saturated carbocycles. The van der Waals surface area contributed by atoms with Crippen LogP contribution < -0.4 is 5.11 Å². The van der Waals surface area contributed by atoms with Crippen molar-refractivity contribution in [1.29, 1.82) is 0 Å². The number of carboxylic acid groups (broad SMARTS) is 1. The van der Waals surface area contributed by atoms with Crippen LogP contribution in [0.5, 0.6) is 0 Å². The predicted octanol–water partition coefficient (Wildman–Crippen LogP) is 18.5. The highest BCUT2D eigenvalue weighted by Crippen LogP contribution is 2.15. The largest absolute Gasteiger partial charge is 0.545 e. The molecule has 0 fully saturated rings. The number of carbonyl (C=O) groups is 3. The molecule has 2 atom stereocenters. The van der Waals surface area contributed by atoms with E-state index in [9.17, 15) is 19.5 Å². The summed E-state index contributed by atoms with van der Waals surface area (Å²) >= 11 is 0. The van der Waals surface area contributed by atoms with Crippen LogP contribution in [0.15, 0.2) is 134 Å². The quantitative estimate of drug-likeness (QED) is 0.0195. The summed E-state index contributed by atoms with van der Waals surface area (Å²) in [6, 6.07) is 0. The third-order valence-corrected chi connectivity index (χ3v) is 13.4. The van der Waals surface area contributed by atoms with Crippen LogP contribution in [-0.2, 0) is 33.3 Å². The van der Waals surface area contributed by atoms with E-state index in [1.165, 1.54) is 103 Å². The summed E-state index contributed by atoms with van der Waals surface area (Å²) in [5.41, 5.74) is 0. The number of hydrogen-bond donors (Lipinski definition) is 0. The molecule has 0 aliphatic rings. The first kappa shape index (κ1) is 76.4. The maximum atomic E-state index is 12.9. The van der Waals surface area contributed by atoms with Crippen LogP contribution in [0.3, 0.4) is 0 Å². The Balaban J connectivity index is 4.29. The molecule has 9 nitrogen and oxygen atoms in total. The Morgan fingerprint density at radius 1 is 0.383 bits per heavy atom. The molecule has 0 radical (unpaired) electrons. The van der Waals surface area contributed by atoms with Gasteiger partial charge in [0, 0.05) is 12.8 Å². The second-order valence-electron chi connectivity index (χ2n) is 22.3. The Bertz CT molecular complexity index is 1790. The van der Waals surface area contributed by atoms with Gasteiger partial charge in [0.25, 0.3) is 0 Å². The number of ether oxygens (including phenoxy) is 4. The molecule has 0 aromatic heterocycles. The lowest BCUT2D eigenvalue weighted by Crippen LogP contribution is -2.44. The Morgan fingerprint density at radius 2 is 0.704 bits per heavy atom. The molecule has 0 aromatic carbocycles. The van der Waals surface area contributed by atoms with Crippen LogP contribution in [0.4, 0.5) is 0 Å². The van der Waals surface area contributed by atoms with Gasteiger partial charge in [-0.25, -0.2) is 0 Å². The predicted molar refractivity (Wildman–Crippen MR) is 343 cm³/mol. The third-order valence-electron chi connectivity index (χ3n) is 13.4. The number of likely N-dealkylation sites (N-methyl/N-ethyl adjacent to an activating group) is 1. The molecule has 0 aliphatic carbocycles. The van der Waals surface area contributed by atoms with Gasteiger partial charge in [-0.3, -0.25) is 9.59 Å². The van der Waals surface area contributed by atoms with E-state index in [0.29, 0.717) is 17.4 Å². The van der Waals surface area contributed by atoms with Crippen molar-refractivity contribution in [3.63, 3.8) is 0 Å². The monoisotopic (exact) mass is 1130 g/mol. The van der Waals surface area contributed by atoms with Crippen LogP contribution in [0.25, 0.3) is 0 Å². The molecule has 0 bridgehead atoms. The summed E-state index contributed by atoms with van der Waals surface area (Å²) < 4.78 is 22.7. The Labute approximate surface area is 497 Å². The fraction of sp³-hybridized carbons (Fsp3) is 0.653. The minimum Gasteiger partial charge on any atom is -0.545 e. The summed E-state index contributed by atoms with van der Waals surface area (Å²) in [5, 5.41) is 11.8. The number of unbranched alkanes of at least 4 members (excludes halogenated alkanes) is 21. The highest BCUT2D eigenvalue weighted by molar-refractivity contribution is 5.70.